The average Bonchev–Trinajstić information content (AvgIpc) is 3.04. The highest BCUT2D eigenvalue weighted by molar-refractivity contribution is 6.00. The summed E-state index contributed by atoms with van der Waals surface area (Å²) < 4.78 is 0. The van der Waals surface area contributed by atoms with Gasteiger partial charge in [-0.1, -0.05) is 0 Å². The predicted molar refractivity (Wildman–Crippen MR) is 108 cm³/mol. The van der Waals surface area contributed by atoms with Gasteiger partial charge >= 0.3 is 0 Å². The van der Waals surface area contributed by atoms with Crippen molar-refractivity contribution in [1.82, 2.24) is 14.9 Å². The lowest BCUT2D eigenvalue weighted by Gasteiger charge is -2.34. The van der Waals surface area contributed by atoms with Crippen molar-refractivity contribution in [1.29, 1.82) is 0 Å². The monoisotopic (exact) mass is 379 g/mol. The quantitative estimate of drug-likeness (QED) is 0.755. The molecule has 0 N–H and O–H groups in total. The molecule has 1 aromatic heterocycles. The van der Waals surface area contributed by atoms with Crippen LogP contribution in [0.25, 0.3) is 0 Å². The van der Waals surface area contributed by atoms with Crippen molar-refractivity contribution in [2.24, 2.45) is 0 Å². The Bertz CT molecular complexity index is 878. The topological polar surface area (TPSA) is 69.6 Å². The van der Waals surface area contributed by atoms with Crippen LogP contribution < -0.4 is 9.80 Å². The number of amides is 1. The van der Waals surface area contributed by atoms with E-state index in [9.17, 15) is 9.59 Å². The molecule has 0 radical (unpaired) electrons. The number of rotatable bonds is 4. The first kappa shape index (κ1) is 18.6. The summed E-state index contributed by atoms with van der Waals surface area (Å²) in [6.07, 6.45) is 5.95. The normalized spacial score (nSPS) is 19.6. The maximum Gasteiger partial charge on any atom is 0.224 e. The van der Waals surface area contributed by atoms with Crippen molar-refractivity contribution in [3.8, 4) is 0 Å². The maximum absolute atomic E-state index is 12.8. The number of hydrogen-bond donors (Lipinski definition) is 0. The summed E-state index contributed by atoms with van der Waals surface area (Å²) in [5, 5.41) is 0. The van der Waals surface area contributed by atoms with E-state index < -0.39 is 0 Å². The smallest absolute Gasteiger partial charge is 0.224 e. The molecule has 146 valence electrons. The third-order valence-electron chi connectivity index (χ3n) is 5.57. The molecule has 2 aliphatic rings. The highest BCUT2D eigenvalue weighted by Crippen LogP contribution is 2.33. The Morgan fingerprint density at radius 1 is 1.14 bits per heavy atom. The number of carbonyl (C=O) groups excluding carboxylic acids is 2. The molecule has 2 aromatic rings. The third-order valence-corrected chi connectivity index (χ3v) is 5.57. The summed E-state index contributed by atoms with van der Waals surface area (Å²) in [5.74, 6) is 1.06. The minimum Gasteiger partial charge on any atom is -0.353 e. The molecule has 3 heterocycles. The molecule has 1 aromatic carbocycles. The van der Waals surface area contributed by atoms with Crippen molar-refractivity contribution in [3.63, 3.8) is 0 Å². The van der Waals surface area contributed by atoms with Gasteiger partial charge in [0, 0.05) is 62.8 Å². The predicted octanol–water partition coefficient (Wildman–Crippen LogP) is 1.78. The first-order valence-corrected chi connectivity index (χ1v) is 9.72. The molecule has 7 nitrogen and oxygen atoms in total. The number of fused-ring (bicyclic) bond motifs is 1. The number of ketones is 1. The van der Waals surface area contributed by atoms with E-state index in [1.165, 1.54) is 0 Å². The van der Waals surface area contributed by atoms with Gasteiger partial charge in [0.25, 0.3) is 0 Å². The summed E-state index contributed by atoms with van der Waals surface area (Å²) >= 11 is 0. The van der Waals surface area contributed by atoms with Crippen LogP contribution >= 0.6 is 0 Å². The van der Waals surface area contributed by atoms with E-state index in [-0.39, 0.29) is 17.7 Å². The molecule has 0 bridgehead atoms. The van der Waals surface area contributed by atoms with Gasteiger partial charge in [0.15, 0.2) is 5.78 Å². The lowest BCUT2D eigenvalue weighted by Crippen LogP contribution is -2.48. The first-order chi connectivity index (χ1) is 13.5. The Balaban J connectivity index is 1.38. The number of hydrogen-bond acceptors (Lipinski definition) is 6. The van der Waals surface area contributed by atoms with Crippen molar-refractivity contribution in [3.05, 3.63) is 47.9 Å². The summed E-state index contributed by atoms with van der Waals surface area (Å²) in [5.41, 5.74) is 2.75. The van der Waals surface area contributed by atoms with Crippen molar-refractivity contribution in [2.45, 2.75) is 26.3 Å². The Labute approximate surface area is 165 Å². The number of aromatic nitrogens is 2. The van der Waals surface area contributed by atoms with Crippen LogP contribution in [0.2, 0.25) is 0 Å². The molecule has 28 heavy (non-hydrogen) atoms. The van der Waals surface area contributed by atoms with Gasteiger partial charge < -0.3 is 9.80 Å². The first-order valence-electron chi connectivity index (χ1n) is 9.72. The molecule has 0 aliphatic carbocycles. The van der Waals surface area contributed by atoms with Gasteiger partial charge in [-0.3, -0.25) is 19.5 Å². The molecule has 1 atom stereocenters. The van der Waals surface area contributed by atoms with E-state index in [0.29, 0.717) is 6.54 Å². The summed E-state index contributed by atoms with van der Waals surface area (Å²) in [6.45, 7) is 7.36. The molecule has 0 saturated carbocycles. The number of benzene rings is 1. The van der Waals surface area contributed by atoms with Crippen LogP contribution in [-0.2, 0) is 11.2 Å². The molecule has 2 aliphatic heterocycles. The zero-order chi connectivity index (χ0) is 19.7. The Kier molecular flexibility index (Phi) is 5.09. The molecular weight excluding hydrogens is 354 g/mol. The van der Waals surface area contributed by atoms with Crippen LogP contribution in [0, 0.1) is 0 Å². The second-order valence-corrected chi connectivity index (χ2v) is 7.54. The van der Waals surface area contributed by atoms with Crippen LogP contribution in [0.3, 0.4) is 0 Å². The lowest BCUT2D eigenvalue weighted by atomic mass is 10.0. The summed E-state index contributed by atoms with van der Waals surface area (Å²) in [7, 11) is 0. The third kappa shape index (κ3) is 3.62. The van der Waals surface area contributed by atoms with Crippen LogP contribution in [0.4, 0.5) is 11.5 Å². The minimum absolute atomic E-state index is 0.0475. The van der Waals surface area contributed by atoms with E-state index in [2.05, 4.69) is 19.8 Å². The minimum atomic E-state index is 0.0475. The Morgan fingerprint density at radius 2 is 1.93 bits per heavy atom. The number of nitrogens with zero attached hydrogens (tertiary/aromatic N) is 5. The highest BCUT2D eigenvalue weighted by Gasteiger charge is 2.29. The van der Waals surface area contributed by atoms with E-state index >= 15 is 0 Å². The molecule has 0 unspecified atom stereocenters. The van der Waals surface area contributed by atoms with E-state index in [0.717, 1.165) is 55.2 Å². The highest BCUT2D eigenvalue weighted by atomic mass is 16.2. The van der Waals surface area contributed by atoms with E-state index in [1.54, 1.807) is 25.5 Å². The van der Waals surface area contributed by atoms with Gasteiger partial charge in [0.05, 0.1) is 12.7 Å². The van der Waals surface area contributed by atoms with Gasteiger partial charge in [-0.15, -0.1) is 0 Å². The van der Waals surface area contributed by atoms with Gasteiger partial charge in [-0.2, -0.15) is 0 Å². The van der Waals surface area contributed by atoms with Gasteiger partial charge in [-0.25, -0.2) is 4.98 Å². The summed E-state index contributed by atoms with van der Waals surface area (Å²) in [6, 6.07) is 5.88. The van der Waals surface area contributed by atoms with Gasteiger partial charge in [-0.05, 0) is 37.1 Å². The van der Waals surface area contributed by atoms with Crippen LogP contribution in [0.15, 0.2) is 36.8 Å². The van der Waals surface area contributed by atoms with Crippen molar-refractivity contribution >= 4 is 23.2 Å². The fourth-order valence-electron chi connectivity index (χ4n) is 4.17. The maximum atomic E-state index is 12.8. The SMILES string of the molecule is CC(=O)N1c2ccc(C(=O)CN3CCN(c4cnccn4)CC3)cc2C[C@H]1C. The summed E-state index contributed by atoms with van der Waals surface area (Å²) in [4.78, 5) is 39.3. The largest absolute Gasteiger partial charge is 0.353 e. The van der Waals surface area contributed by atoms with Crippen LogP contribution in [0.1, 0.15) is 29.8 Å². The van der Waals surface area contributed by atoms with E-state index in [1.807, 2.05) is 30.0 Å². The fourth-order valence-corrected chi connectivity index (χ4v) is 4.17. The van der Waals surface area contributed by atoms with Gasteiger partial charge in [0.2, 0.25) is 5.91 Å². The molecule has 1 amide bonds. The van der Waals surface area contributed by atoms with Crippen LogP contribution in [-0.4, -0.2) is 65.3 Å². The number of anilines is 2. The number of carbonyl (C=O) groups is 2. The number of piperazine rings is 1. The Hall–Kier alpha value is -2.80. The van der Waals surface area contributed by atoms with Crippen molar-refractivity contribution < 1.29 is 9.59 Å². The van der Waals surface area contributed by atoms with E-state index in [4.69, 9.17) is 0 Å². The average molecular weight is 379 g/mol. The molecular formula is C21H25N5O2. The molecule has 0 spiro atoms. The van der Waals surface area contributed by atoms with Gasteiger partial charge in [0.1, 0.15) is 5.82 Å². The second-order valence-electron chi connectivity index (χ2n) is 7.54. The molecule has 1 fully saturated rings. The zero-order valence-corrected chi connectivity index (χ0v) is 16.3. The molecule has 4 rings (SSSR count). The van der Waals surface area contributed by atoms with Crippen molar-refractivity contribution in [2.75, 3.05) is 42.5 Å². The zero-order valence-electron chi connectivity index (χ0n) is 16.3. The lowest BCUT2D eigenvalue weighted by molar-refractivity contribution is -0.116. The standard InChI is InChI=1S/C21H25N5O2/c1-15-11-18-12-17(3-4-19(18)26(15)16(2)27)20(28)14-24-7-9-25(10-8-24)21-13-22-5-6-23-21/h3-6,12-13,15H,7-11,14H2,1-2H3/t15-/m1/s1. The number of Topliss-reactive ketones (excluding diaryl/α,β-unsaturated/α-hetero) is 1. The Morgan fingerprint density at radius 3 is 2.61 bits per heavy atom. The second kappa shape index (κ2) is 7.67. The molecule has 1 saturated heterocycles. The van der Waals surface area contributed by atoms with Crippen LogP contribution in [0.5, 0.6) is 0 Å². The fraction of sp³-hybridized carbons (Fsp3) is 0.429. The molecule has 7 heteroatoms.